The SMILES string of the molecule is CCCCC[C@H](/C=C/I)O[Si](C)(C)C. The molecule has 0 heterocycles. The van der Waals surface area contributed by atoms with Gasteiger partial charge in [-0.25, -0.2) is 0 Å². The maximum absolute atomic E-state index is 6.07. The minimum Gasteiger partial charge on any atom is -0.411 e. The Morgan fingerprint density at radius 3 is 2.36 bits per heavy atom. The molecule has 1 nitrogen and oxygen atoms in total. The van der Waals surface area contributed by atoms with E-state index in [2.05, 4.69) is 59.3 Å². The highest BCUT2D eigenvalue weighted by atomic mass is 127. The number of rotatable bonds is 7. The fraction of sp³-hybridized carbons (Fsp3) is 0.818. The van der Waals surface area contributed by atoms with Gasteiger partial charge in [-0.05, 0) is 30.1 Å². The van der Waals surface area contributed by atoms with Crippen LogP contribution in [0.15, 0.2) is 10.2 Å². The molecule has 0 N–H and O–H groups in total. The summed E-state index contributed by atoms with van der Waals surface area (Å²) in [6.07, 6.45) is 7.61. The van der Waals surface area contributed by atoms with E-state index < -0.39 is 8.32 Å². The molecule has 0 fully saturated rings. The van der Waals surface area contributed by atoms with Crippen LogP contribution in [0.3, 0.4) is 0 Å². The zero-order valence-corrected chi connectivity index (χ0v) is 13.0. The fourth-order valence-corrected chi connectivity index (χ4v) is 2.89. The summed E-state index contributed by atoms with van der Waals surface area (Å²) in [7, 11) is -1.37. The van der Waals surface area contributed by atoms with Crippen molar-refractivity contribution in [2.75, 3.05) is 0 Å². The van der Waals surface area contributed by atoms with E-state index in [0.717, 1.165) is 0 Å². The molecule has 0 bridgehead atoms. The van der Waals surface area contributed by atoms with Crippen LogP contribution in [-0.4, -0.2) is 14.4 Å². The molecule has 0 amide bonds. The molecule has 3 heteroatoms. The van der Waals surface area contributed by atoms with E-state index in [9.17, 15) is 0 Å². The van der Waals surface area contributed by atoms with Crippen LogP contribution in [0.5, 0.6) is 0 Å². The zero-order chi connectivity index (χ0) is 11.0. The van der Waals surface area contributed by atoms with Gasteiger partial charge >= 0.3 is 0 Å². The standard InChI is InChI=1S/C11H23IOSi/c1-5-6-7-8-11(9-10-12)13-14(2,3)4/h9-11H,5-8H2,1-4H3/b10-9+/t11-/m1/s1. The van der Waals surface area contributed by atoms with Crippen LogP contribution in [-0.2, 0) is 4.43 Å². The fourth-order valence-electron chi connectivity index (χ4n) is 1.33. The van der Waals surface area contributed by atoms with Gasteiger partial charge in [0.2, 0.25) is 0 Å². The van der Waals surface area contributed by atoms with Crippen molar-refractivity contribution in [1.82, 2.24) is 0 Å². The van der Waals surface area contributed by atoms with E-state index in [1.165, 1.54) is 25.7 Å². The first kappa shape index (κ1) is 14.6. The molecule has 0 aromatic rings. The summed E-state index contributed by atoms with van der Waals surface area (Å²) in [6.45, 7) is 8.99. The first-order valence-electron chi connectivity index (χ1n) is 5.44. The Balaban J connectivity index is 3.90. The minimum atomic E-state index is -1.37. The predicted octanol–water partition coefficient (Wildman–Crippen LogP) is 4.74. The van der Waals surface area contributed by atoms with Crippen molar-refractivity contribution >= 4 is 30.9 Å². The molecule has 0 saturated heterocycles. The molecule has 1 atom stereocenters. The van der Waals surface area contributed by atoms with Crippen LogP contribution in [0.1, 0.15) is 32.6 Å². The summed E-state index contributed by atoms with van der Waals surface area (Å²) in [5.41, 5.74) is 0. The van der Waals surface area contributed by atoms with Crippen LogP contribution in [0.4, 0.5) is 0 Å². The topological polar surface area (TPSA) is 9.23 Å². The lowest BCUT2D eigenvalue weighted by molar-refractivity contribution is 0.227. The Labute approximate surface area is 104 Å². The molecule has 0 aliphatic carbocycles. The Morgan fingerprint density at radius 1 is 1.29 bits per heavy atom. The summed E-state index contributed by atoms with van der Waals surface area (Å²) in [5, 5.41) is 0. The van der Waals surface area contributed by atoms with Gasteiger partial charge in [-0.1, -0.05) is 54.9 Å². The summed E-state index contributed by atoms with van der Waals surface area (Å²) in [5.74, 6) is 0. The van der Waals surface area contributed by atoms with Gasteiger partial charge in [0.05, 0.1) is 6.10 Å². The van der Waals surface area contributed by atoms with Crippen molar-refractivity contribution in [1.29, 1.82) is 0 Å². The molecule has 0 aliphatic heterocycles. The highest BCUT2D eigenvalue weighted by Gasteiger charge is 2.18. The molecule has 0 aromatic heterocycles. The second kappa shape index (κ2) is 7.88. The van der Waals surface area contributed by atoms with Gasteiger partial charge in [0.1, 0.15) is 0 Å². The molecular weight excluding hydrogens is 303 g/mol. The molecule has 0 rings (SSSR count). The summed E-state index contributed by atoms with van der Waals surface area (Å²) in [6, 6.07) is 0. The highest BCUT2D eigenvalue weighted by Crippen LogP contribution is 2.15. The van der Waals surface area contributed by atoms with E-state index in [-0.39, 0.29) is 0 Å². The van der Waals surface area contributed by atoms with Crippen LogP contribution in [0.2, 0.25) is 19.6 Å². The quantitative estimate of drug-likeness (QED) is 0.373. The summed E-state index contributed by atoms with van der Waals surface area (Å²) < 4.78 is 8.15. The Bertz CT molecular complexity index is 163. The van der Waals surface area contributed by atoms with Crippen LogP contribution in [0.25, 0.3) is 0 Å². The van der Waals surface area contributed by atoms with E-state index in [1.54, 1.807) is 0 Å². The van der Waals surface area contributed by atoms with Crippen molar-refractivity contribution in [2.45, 2.75) is 58.4 Å². The van der Waals surface area contributed by atoms with Crippen molar-refractivity contribution in [3.63, 3.8) is 0 Å². The molecule has 0 radical (unpaired) electrons. The molecule has 0 unspecified atom stereocenters. The maximum Gasteiger partial charge on any atom is 0.184 e. The molecule has 0 spiro atoms. The lowest BCUT2D eigenvalue weighted by Crippen LogP contribution is -2.31. The first-order valence-corrected chi connectivity index (χ1v) is 10.1. The van der Waals surface area contributed by atoms with Crippen LogP contribution in [0, 0.1) is 0 Å². The van der Waals surface area contributed by atoms with E-state index >= 15 is 0 Å². The van der Waals surface area contributed by atoms with E-state index in [0.29, 0.717) is 6.10 Å². The van der Waals surface area contributed by atoms with E-state index in [1.807, 2.05) is 0 Å². The highest BCUT2D eigenvalue weighted by molar-refractivity contribution is 14.1. The van der Waals surface area contributed by atoms with Crippen molar-refractivity contribution in [2.24, 2.45) is 0 Å². The molecule has 0 saturated carbocycles. The predicted molar refractivity (Wildman–Crippen MR) is 75.5 cm³/mol. The minimum absolute atomic E-state index is 0.352. The largest absolute Gasteiger partial charge is 0.411 e. The first-order chi connectivity index (χ1) is 6.49. The zero-order valence-electron chi connectivity index (χ0n) is 9.85. The molecule has 84 valence electrons. The second-order valence-corrected chi connectivity index (χ2v) is 9.76. The third kappa shape index (κ3) is 9.21. The average molecular weight is 326 g/mol. The molecule has 0 aliphatic rings. The lowest BCUT2D eigenvalue weighted by Gasteiger charge is -2.24. The number of hydrogen-bond acceptors (Lipinski definition) is 1. The van der Waals surface area contributed by atoms with Gasteiger partial charge < -0.3 is 4.43 Å². The van der Waals surface area contributed by atoms with Gasteiger partial charge in [-0.15, -0.1) is 0 Å². The monoisotopic (exact) mass is 326 g/mol. The molecule has 0 aromatic carbocycles. The number of halogens is 1. The summed E-state index contributed by atoms with van der Waals surface area (Å²) >= 11 is 2.27. The third-order valence-electron chi connectivity index (χ3n) is 1.88. The van der Waals surface area contributed by atoms with E-state index in [4.69, 9.17) is 4.43 Å². The normalized spacial score (nSPS) is 14.9. The lowest BCUT2D eigenvalue weighted by atomic mass is 10.1. The molecule has 14 heavy (non-hydrogen) atoms. The van der Waals surface area contributed by atoms with Crippen LogP contribution >= 0.6 is 22.6 Å². The van der Waals surface area contributed by atoms with Gasteiger partial charge in [0.25, 0.3) is 0 Å². The Hall–Kier alpha value is 0.647. The average Bonchev–Trinajstić information content (AvgIpc) is 2.02. The van der Waals surface area contributed by atoms with Gasteiger partial charge in [-0.3, -0.25) is 0 Å². The van der Waals surface area contributed by atoms with Crippen LogP contribution < -0.4 is 0 Å². The van der Waals surface area contributed by atoms with Crippen molar-refractivity contribution < 1.29 is 4.43 Å². The summed E-state index contributed by atoms with van der Waals surface area (Å²) in [4.78, 5) is 0. The molecular formula is C11H23IOSi. The van der Waals surface area contributed by atoms with Gasteiger partial charge in [-0.2, -0.15) is 0 Å². The van der Waals surface area contributed by atoms with Gasteiger partial charge in [0.15, 0.2) is 8.32 Å². The van der Waals surface area contributed by atoms with Crippen molar-refractivity contribution in [3.8, 4) is 0 Å². The third-order valence-corrected chi connectivity index (χ3v) is 3.31. The Morgan fingerprint density at radius 2 is 1.93 bits per heavy atom. The second-order valence-electron chi connectivity index (χ2n) is 4.58. The van der Waals surface area contributed by atoms with Crippen molar-refractivity contribution in [3.05, 3.63) is 10.2 Å². The van der Waals surface area contributed by atoms with Gasteiger partial charge in [0, 0.05) is 0 Å². The smallest absolute Gasteiger partial charge is 0.184 e. The number of hydrogen-bond donors (Lipinski definition) is 0. The number of unbranched alkanes of at least 4 members (excludes halogenated alkanes) is 2. The maximum atomic E-state index is 6.07. The Kier molecular flexibility index (Phi) is 8.24.